The molecule has 0 spiro atoms. The lowest BCUT2D eigenvalue weighted by Gasteiger charge is -2.19. The maximum atomic E-state index is 12.5. The number of amides is 1. The summed E-state index contributed by atoms with van der Waals surface area (Å²) in [6.07, 6.45) is 0.192. The lowest BCUT2D eigenvalue weighted by Crippen LogP contribution is -2.26. The highest BCUT2D eigenvalue weighted by Gasteiger charge is 2.36. The monoisotopic (exact) mass is 366 g/mol. The second kappa shape index (κ2) is 6.53. The van der Waals surface area contributed by atoms with Crippen LogP contribution < -0.4 is 4.90 Å². The van der Waals surface area contributed by atoms with Crippen molar-refractivity contribution < 1.29 is 14.3 Å². The highest BCUT2D eigenvalue weighted by molar-refractivity contribution is 7.21. The van der Waals surface area contributed by atoms with Gasteiger partial charge in [0.05, 0.1) is 23.2 Å². The number of esters is 1. The molecule has 2 heterocycles. The zero-order valence-corrected chi connectivity index (χ0v) is 15.4. The van der Waals surface area contributed by atoms with Gasteiger partial charge in [0.15, 0.2) is 0 Å². The van der Waals surface area contributed by atoms with Crippen molar-refractivity contribution in [1.82, 2.24) is 4.98 Å². The molecule has 2 aromatic carbocycles. The van der Waals surface area contributed by atoms with E-state index in [4.69, 9.17) is 9.72 Å². The summed E-state index contributed by atoms with van der Waals surface area (Å²) in [5.74, 6) is -0.788. The Balaban J connectivity index is 1.70. The fourth-order valence-corrected chi connectivity index (χ4v) is 4.26. The molecule has 0 N–H and O–H groups in total. The Bertz CT molecular complexity index is 978. The number of aryl methyl sites for hydroxylation is 1. The van der Waals surface area contributed by atoms with Crippen LogP contribution in [0.25, 0.3) is 20.8 Å². The van der Waals surface area contributed by atoms with Crippen molar-refractivity contribution in [3.05, 3.63) is 48.0 Å². The summed E-state index contributed by atoms with van der Waals surface area (Å²) in [5.41, 5.74) is 3.77. The molecular weight excluding hydrogens is 348 g/mol. The van der Waals surface area contributed by atoms with Crippen LogP contribution >= 0.6 is 11.3 Å². The average Bonchev–Trinajstić information content (AvgIpc) is 3.25. The molecule has 4 rings (SSSR count). The Labute approximate surface area is 155 Å². The molecule has 1 amide bonds. The average molecular weight is 366 g/mol. The van der Waals surface area contributed by atoms with E-state index in [1.54, 1.807) is 16.2 Å². The minimum Gasteiger partial charge on any atom is -0.469 e. The van der Waals surface area contributed by atoms with Crippen LogP contribution in [0.1, 0.15) is 12.0 Å². The maximum absolute atomic E-state index is 12.5. The van der Waals surface area contributed by atoms with Gasteiger partial charge < -0.3 is 9.64 Å². The van der Waals surface area contributed by atoms with Crippen LogP contribution in [0.2, 0.25) is 0 Å². The molecule has 0 saturated carbocycles. The highest BCUT2D eigenvalue weighted by atomic mass is 32.1. The van der Waals surface area contributed by atoms with E-state index in [0.717, 1.165) is 32.0 Å². The molecule has 1 fully saturated rings. The van der Waals surface area contributed by atoms with Gasteiger partial charge in [-0.2, -0.15) is 0 Å². The number of thiazole rings is 1. The van der Waals surface area contributed by atoms with Gasteiger partial charge >= 0.3 is 5.97 Å². The number of para-hydroxylation sites is 1. The molecular formula is C20H18N2O3S. The van der Waals surface area contributed by atoms with Crippen molar-refractivity contribution in [1.29, 1.82) is 0 Å². The molecule has 1 atom stereocenters. The Kier molecular flexibility index (Phi) is 4.20. The molecule has 0 bridgehead atoms. The fourth-order valence-electron chi connectivity index (χ4n) is 3.29. The minimum atomic E-state index is -0.405. The van der Waals surface area contributed by atoms with E-state index in [2.05, 4.69) is 6.07 Å². The summed E-state index contributed by atoms with van der Waals surface area (Å²) in [5, 5.41) is 0.920. The maximum Gasteiger partial charge on any atom is 0.311 e. The highest BCUT2D eigenvalue weighted by Crippen LogP contribution is 2.35. The van der Waals surface area contributed by atoms with Crippen LogP contribution in [0.5, 0.6) is 0 Å². The number of fused-ring (bicyclic) bond motifs is 1. The Morgan fingerprint density at radius 3 is 2.85 bits per heavy atom. The van der Waals surface area contributed by atoms with Crippen LogP contribution in [0.15, 0.2) is 42.5 Å². The molecule has 5 nitrogen and oxygen atoms in total. The topological polar surface area (TPSA) is 59.5 Å². The van der Waals surface area contributed by atoms with Gasteiger partial charge in [-0.1, -0.05) is 24.3 Å². The van der Waals surface area contributed by atoms with E-state index in [1.807, 2.05) is 43.3 Å². The number of carbonyl (C=O) groups is 2. The molecule has 1 aliphatic rings. The Morgan fingerprint density at radius 2 is 2.08 bits per heavy atom. The standard InChI is InChI=1S/C20H18N2O3S/c1-12-7-8-13(19-21-15-5-3-4-6-17(15)26-19)9-16(12)22-11-14(10-18(22)23)20(24)25-2/h3-9,14H,10-11H2,1-2H3/t14-/m0/s1. The van der Waals surface area contributed by atoms with Crippen molar-refractivity contribution in [3.63, 3.8) is 0 Å². The van der Waals surface area contributed by atoms with Crippen molar-refractivity contribution in [2.45, 2.75) is 13.3 Å². The third-order valence-electron chi connectivity index (χ3n) is 4.70. The molecule has 0 unspecified atom stereocenters. The number of rotatable bonds is 3. The number of benzene rings is 2. The Hall–Kier alpha value is -2.73. The van der Waals surface area contributed by atoms with Gasteiger partial charge in [-0.3, -0.25) is 9.59 Å². The summed E-state index contributed by atoms with van der Waals surface area (Å²) >= 11 is 1.63. The first-order chi connectivity index (χ1) is 12.6. The van der Waals surface area contributed by atoms with Crippen molar-refractivity contribution in [2.75, 3.05) is 18.6 Å². The number of aromatic nitrogens is 1. The molecule has 0 radical (unpaired) electrons. The van der Waals surface area contributed by atoms with E-state index in [0.29, 0.717) is 6.54 Å². The SMILES string of the molecule is COC(=O)[C@H]1CC(=O)N(c2cc(-c3nc4ccccc4s3)ccc2C)C1. The largest absolute Gasteiger partial charge is 0.469 e. The number of carbonyl (C=O) groups excluding carboxylic acids is 2. The van der Waals surface area contributed by atoms with Crippen LogP contribution in [0, 0.1) is 12.8 Å². The van der Waals surface area contributed by atoms with E-state index in [9.17, 15) is 9.59 Å². The number of nitrogens with zero attached hydrogens (tertiary/aromatic N) is 2. The van der Waals surface area contributed by atoms with Gasteiger partial charge in [0.25, 0.3) is 0 Å². The van der Waals surface area contributed by atoms with Crippen LogP contribution in [0.3, 0.4) is 0 Å². The minimum absolute atomic E-state index is 0.0510. The lowest BCUT2D eigenvalue weighted by molar-refractivity contribution is -0.145. The van der Waals surface area contributed by atoms with Gasteiger partial charge in [-0.25, -0.2) is 4.98 Å². The first kappa shape index (κ1) is 16.7. The molecule has 1 saturated heterocycles. The summed E-state index contributed by atoms with van der Waals surface area (Å²) in [6.45, 7) is 2.33. The number of methoxy groups -OCH3 is 1. The third-order valence-corrected chi connectivity index (χ3v) is 5.79. The predicted molar refractivity (Wildman–Crippen MR) is 102 cm³/mol. The first-order valence-corrected chi connectivity index (χ1v) is 9.23. The van der Waals surface area contributed by atoms with Crippen molar-refractivity contribution in [3.8, 4) is 10.6 Å². The molecule has 6 heteroatoms. The van der Waals surface area contributed by atoms with Crippen molar-refractivity contribution >= 4 is 39.1 Å². The number of anilines is 1. The normalized spacial score (nSPS) is 17.1. The molecule has 0 aliphatic carbocycles. The molecule has 132 valence electrons. The first-order valence-electron chi connectivity index (χ1n) is 8.41. The van der Waals surface area contributed by atoms with E-state index < -0.39 is 5.92 Å². The van der Waals surface area contributed by atoms with Gasteiger partial charge in [0, 0.05) is 24.2 Å². The van der Waals surface area contributed by atoms with E-state index in [1.165, 1.54) is 7.11 Å². The third kappa shape index (κ3) is 2.86. The van der Waals surface area contributed by atoms with Gasteiger partial charge in [0.1, 0.15) is 5.01 Å². The van der Waals surface area contributed by atoms with Crippen LogP contribution in [0.4, 0.5) is 5.69 Å². The number of ether oxygens (including phenoxy) is 1. The summed E-state index contributed by atoms with van der Waals surface area (Å²) in [7, 11) is 1.36. The van der Waals surface area contributed by atoms with Gasteiger partial charge in [-0.15, -0.1) is 11.3 Å². The van der Waals surface area contributed by atoms with E-state index >= 15 is 0 Å². The van der Waals surface area contributed by atoms with Gasteiger partial charge in [-0.05, 0) is 30.7 Å². The van der Waals surface area contributed by atoms with Crippen LogP contribution in [-0.2, 0) is 14.3 Å². The van der Waals surface area contributed by atoms with Gasteiger partial charge in [0.2, 0.25) is 5.91 Å². The van der Waals surface area contributed by atoms with E-state index in [-0.39, 0.29) is 18.3 Å². The summed E-state index contributed by atoms with van der Waals surface area (Å²) < 4.78 is 5.93. The molecule has 26 heavy (non-hydrogen) atoms. The Morgan fingerprint density at radius 1 is 1.27 bits per heavy atom. The molecule has 3 aromatic rings. The smallest absolute Gasteiger partial charge is 0.311 e. The van der Waals surface area contributed by atoms with Crippen molar-refractivity contribution in [2.24, 2.45) is 5.92 Å². The quantitative estimate of drug-likeness (QED) is 0.662. The molecule has 1 aromatic heterocycles. The fraction of sp³-hybridized carbons (Fsp3) is 0.250. The van der Waals surface area contributed by atoms with Crippen LogP contribution in [-0.4, -0.2) is 30.5 Å². The predicted octanol–water partition coefficient (Wildman–Crippen LogP) is 3.80. The zero-order chi connectivity index (χ0) is 18.3. The summed E-state index contributed by atoms with van der Waals surface area (Å²) in [6, 6.07) is 14.0. The second-order valence-electron chi connectivity index (χ2n) is 6.42. The number of hydrogen-bond donors (Lipinski definition) is 0. The zero-order valence-electron chi connectivity index (χ0n) is 14.6. The molecule has 1 aliphatic heterocycles. The number of hydrogen-bond acceptors (Lipinski definition) is 5. The second-order valence-corrected chi connectivity index (χ2v) is 7.45. The summed E-state index contributed by atoms with van der Waals surface area (Å²) in [4.78, 5) is 30.6. The lowest BCUT2D eigenvalue weighted by atomic mass is 10.1.